The molecule has 0 aromatic carbocycles. The SMILES string of the molecule is COC(=O)/C=C/[C@@H](C)[C@H]1CCC2C3C[C@H](CC(C)(C)[Si](C)(C)O)[C@@H]4C[C@H](O[Si](C)(C)C(C)(C)C)CC[C@]4(C)C3CC[C@@]21C. The summed E-state index contributed by atoms with van der Waals surface area (Å²) in [5.41, 5.74) is 0.686. The van der Waals surface area contributed by atoms with Crippen molar-refractivity contribution in [2.45, 2.75) is 156 Å². The topological polar surface area (TPSA) is 55.8 Å². The molecular formula is C37H68O4Si2. The maximum Gasteiger partial charge on any atom is 0.330 e. The van der Waals surface area contributed by atoms with Gasteiger partial charge in [0.2, 0.25) is 0 Å². The van der Waals surface area contributed by atoms with Crippen LogP contribution in [-0.2, 0) is 14.0 Å². The summed E-state index contributed by atoms with van der Waals surface area (Å²) < 4.78 is 12.1. The van der Waals surface area contributed by atoms with Crippen LogP contribution in [0.15, 0.2) is 12.2 Å². The van der Waals surface area contributed by atoms with Gasteiger partial charge < -0.3 is 14.0 Å². The zero-order chi connectivity index (χ0) is 32.4. The van der Waals surface area contributed by atoms with E-state index in [4.69, 9.17) is 9.16 Å². The maximum absolute atomic E-state index is 11.9. The molecule has 0 heterocycles. The average Bonchev–Trinajstić information content (AvgIpc) is 3.23. The smallest absolute Gasteiger partial charge is 0.330 e. The third kappa shape index (κ3) is 6.56. The van der Waals surface area contributed by atoms with Gasteiger partial charge in [-0.1, -0.05) is 61.5 Å². The summed E-state index contributed by atoms with van der Waals surface area (Å²) >= 11 is 0. The average molecular weight is 633 g/mol. The van der Waals surface area contributed by atoms with Gasteiger partial charge >= 0.3 is 5.97 Å². The molecule has 1 N–H and O–H groups in total. The van der Waals surface area contributed by atoms with Gasteiger partial charge in [0, 0.05) is 12.2 Å². The van der Waals surface area contributed by atoms with E-state index in [1.807, 2.05) is 0 Å². The lowest BCUT2D eigenvalue weighted by molar-refractivity contribution is -0.152. The predicted octanol–water partition coefficient (Wildman–Crippen LogP) is 9.99. The van der Waals surface area contributed by atoms with Crippen LogP contribution in [0.3, 0.4) is 0 Å². The van der Waals surface area contributed by atoms with Crippen molar-refractivity contribution in [3.05, 3.63) is 12.2 Å². The molecule has 4 aliphatic carbocycles. The summed E-state index contributed by atoms with van der Waals surface area (Å²) in [4.78, 5) is 23.3. The fraction of sp³-hybridized carbons (Fsp3) is 0.919. The molecule has 0 saturated heterocycles. The number of allylic oxidation sites excluding steroid dienone is 1. The van der Waals surface area contributed by atoms with Crippen LogP contribution >= 0.6 is 0 Å². The van der Waals surface area contributed by atoms with Gasteiger partial charge in [0.1, 0.15) is 0 Å². The monoisotopic (exact) mass is 632 g/mol. The molecule has 4 fully saturated rings. The first kappa shape index (κ1) is 35.4. The van der Waals surface area contributed by atoms with Gasteiger partial charge in [0.15, 0.2) is 16.6 Å². The normalized spacial score (nSPS) is 39.6. The maximum atomic E-state index is 11.9. The zero-order valence-corrected chi connectivity index (χ0v) is 32.3. The third-order valence-electron chi connectivity index (χ3n) is 14.9. The molecule has 3 unspecified atom stereocenters. The van der Waals surface area contributed by atoms with Gasteiger partial charge in [-0.25, -0.2) is 4.79 Å². The summed E-state index contributed by atoms with van der Waals surface area (Å²) in [6.07, 6.45) is 15.6. The van der Waals surface area contributed by atoms with Crippen LogP contribution in [0.5, 0.6) is 0 Å². The summed E-state index contributed by atoms with van der Waals surface area (Å²) in [6.45, 7) is 28.6. The van der Waals surface area contributed by atoms with Crippen LogP contribution in [0.25, 0.3) is 0 Å². The number of ether oxygens (including phenoxy) is 1. The van der Waals surface area contributed by atoms with Crippen molar-refractivity contribution in [2.75, 3.05) is 7.11 Å². The van der Waals surface area contributed by atoms with Gasteiger partial charge in [0.25, 0.3) is 0 Å². The first-order chi connectivity index (χ1) is 19.6. The van der Waals surface area contributed by atoms with E-state index in [0.29, 0.717) is 40.6 Å². The van der Waals surface area contributed by atoms with Crippen LogP contribution in [0.2, 0.25) is 36.3 Å². The van der Waals surface area contributed by atoms with Crippen molar-refractivity contribution >= 4 is 22.6 Å². The van der Waals surface area contributed by atoms with Crippen molar-refractivity contribution < 1.29 is 18.8 Å². The molecule has 4 nitrogen and oxygen atoms in total. The van der Waals surface area contributed by atoms with Crippen LogP contribution in [0.1, 0.15) is 113 Å². The number of carbonyl (C=O) groups excluding carboxylic acids is 1. The van der Waals surface area contributed by atoms with Crippen molar-refractivity contribution in [2.24, 2.45) is 52.3 Å². The minimum absolute atomic E-state index is 0.0119. The largest absolute Gasteiger partial charge is 0.466 e. The van der Waals surface area contributed by atoms with Crippen LogP contribution in [0, 0.1) is 52.3 Å². The Morgan fingerprint density at radius 2 is 1.53 bits per heavy atom. The number of carbonyl (C=O) groups is 1. The fourth-order valence-electron chi connectivity index (χ4n) is 10.6. The molecule has 0 bridgehead atoms. The highest BCUT2D eigenvalue weighted by atomic mass is 28.4. The summed E-state index contributed by atoms with van der Waals surface area (Å²) in [5, 5.41) is 0.220. The van der Waals surface area contributed by atoms with Crippen LogP contribution in [-0.4, -0.2) is 40.6 Å². The van der Waals surface area contributed by atoms with Gasteiger partial charge in [-0.15, -0.1) is 0 Å². The molecule has 6 heteroatoms. The van der Waals surface area contributed by atoms with Gasteiger partial charge in [-0.05, 0) is 146 Å². The highest BCUT2D eigenvalue weighted by molar-refractivity contribution is 6.74. The number of esters is 1. The van der Waals surface area contributed by atoms with Crippen LogP contribution in [0.4, 0.5) is 0 Å². The van der Waals surface area contributed by atoms with E-state index >= 15 is 0 Å². The standard InChI is InChI=1S/C37H68O4Si2/c1-25(14-17-33(38)40-9)29-15-16-30-28-22-26(24-35(5,6)42(10,11)39)32-23-27(41-43(12,13)34(2,3)4)18-20-37(32,8)31(28)19-21-36(29,30)7/h14,17,25-32,39H,15-16,18-24H2,1-13H3/b17-14+/t25-,26-,27-,28?,29-,30?,31?,32+,36-,37-/m1/s1. The van der Waals surface area contributed by atoms with E-state index in [-0.39, 0.29) is 16.0 Å². The summed E-state index contributed by atoms with van der Waals surface area (Å²) in [5.74, 6) is 4.41. The molecule has 248 valence electrons. The number of hydrogen-bond donors (Lipinski definition) is 1. The molecule has 43 heavy (non-hydrogen) atoms. The summed E-state index contributed by atoms with van der Waals surface area (Å²) in [7, 11) is -2.70. The Morgan fingerprint density at radius 1 is 0.930 bits per heavy atom. The zero-order valence-electron chi connectivity index (χ0n) is 30.3. The molecule has 4 rings (SSSR count). The molecular weight excluding hydrogens is 565 g/mol. The number of rotatable bonds is 8. The Morgan fingerprint density at radius 3 is 2.12 bits per heavy atom. The van der Waals surface area contributed by atoms with E-state index in [9.17, 15) is 9.59 Å². The highest BCUT2D eigenvalue weighted by Gasteiger charge is 2.63. The lowest BCUT2D eigenvalue weighted by Gasteiger charge is -2.64. The minimum atomic E-state index is -2.33. The molecule has 10 atom stereocenters. The quantitative estimate of drug-likeness (QED) is 0.164. The molecule has 0 aromatic heterocycles. The second kappa shape index (κ2) is 12.0. The summed E-state index contributed by atoms with van der Waals surface area (Å²) in [6, 6.07) is 0. The number of fused-ring (bicyclic) bond motifs is 5. The second-order valence-electron chi connectivity index (χ2n) is 18.9. The van der Waals surface area contributed by atoms with Crippen molar-refractivity contribution in [1.29, 1.82) is 0 Å². The lowest BCUT2D eigenvalue weighted by Crippen LogP contribution is -2.58. The van der Waals surface area contributed by atoms with Gasteiger partial charge in [-0.3, -0.25) is 0 Å². The second-order valence-corrected chi connectivity index (χ2v) is 28.1. The van der Waals surface area contributed by atoms with Crippen molar-refractivity contribution in [3.63, 3.8) is 0 Å². The molecule has 0 aliphatic heterocycles. The van der Waals surface area contributed by atoms with Gasteiger partial charge in [0.05, 0.1) is 7.11 Å². The first-order valence-corrected chi connectivity index (χ1v) is 23.6. The number of hydrogen-bond acceptors (Lipinski definition) is 4. The molecule has 0 radical (unpaired) electrons. The molecule has 4 aliphatic rings. The van der Waals surface area contributed by atoms with Crippen LogP contribution < -0.4 is 0 Å². The molecule has 0 amide bonds. The van der Waals surface area contributed by atoms with E-state index in [0.717, 1.165) is 24.2 Å². The Balaban J connectivity index is 1.65. The van der Waals surface area contributed by atoms with Crippen molar-refractivity contribution in [1.82, 2.24) is 0 Å². The third-order valence-corrected chi connectivity index (χ3v) is 23.0. The lowest BCUT2D eigenvalue weighted by atomic mass is 9.42. The Kier molecular flexibility index (Phi) is 9.87. The van der Waals surface area contributed by atoms with E-state index in [1.165, 1.54) is 58.5 Å². The van der Waals surface area contributed by atoms with E-state index in [1.54, 1.807) is 6.08 Å². The molecule has 0 spiro atoms. The van der Waals surface area contributed by atoms with Crippen molar-refractivity contribution in [3.8, 4) is 0 Å². The molecule has 4 saturated carbocycles. The van der Waals surface area contributed by atoms with Gasteiger partial charge in [-0.2, -0.15) is 0 Å². The minimum Gasteiger partial charge on any atom is -0.466 e. The molecule has 0 aromatic rings. The predicted molar refractivity (Wildman–Crippen MR) is 185 cm³/mol. The Hall–Kier alpha value is -0.436. The fourth-order valence-corrected chi connectivity index (χ4v) is 12.8. The first-order valence-electron chi connectivity index (χ1n) is 17.7. The highest BCUT2D eigenvalue weighted by Crippen LogP contribution is 2.70. The van der Waals surface area contributed by atoms with E-state index in [2.05, 4.69) is 87.7 Å². The number of methoxy groups -OCH3 is 1. The Labute approximate surface area is 267 Å². The Bertz CT molecular complexity index is 1040. The van der Waals surface area contributed by atoms with E-state index < -0.39 is 16.6 Å².